The van der Waals surface area contributed by atoms with Gasteiger partial charge in [-0.1, -0.05) is 18.2 Å². The predicted molar refractivity (Wildman–Crippen MR) is 62.1 cm³/mol. The van der Waals surface area contributed by atoms with Crippen molar-refractivity contribution in [2.75, 3.05) is 0 Å². The number of aromatic nitrogens is 1. The Morgan fingerprint density at radius 2 is 2.19 bits per heavy atom. The molecule has 1 aromatic carbocycles. The van der Waals surface area contributed by atoms with E-state index >= 15 is 0 Å². The highest BCUT2D eigenvalue weighted by atomic mass is 16.4. The summed E-state index contributed by atoms with van der Waals surface area (Å²) in [6, 6.07) is 7.39. The van der Waals surface area contributed by atoms with Gasteiger partial charge in [0.1, 0.15) is 0 Å². The smallest absolute Gasteiger partial charge is 0.305 e. The summed E-state index contributed by atoms with van der Waals surface area (Å²) in [5.41, 5.74) is 7.84. The first-order valence-electron chi connectivity index (χ1n) is 5.11. The summed E-state index contributed by atoms with van der Waals surface area (Å²) in [7, 11) is 1.93. The Morgan fingerprint density at radius 3 is 2.88 bits per heavy atom. The Hall–Kier alpha value is -1.81. The van der Waals surface area contributed by atoms with Gasteiger partial charge in [0.2, 0.25) is 0 Å². The minimum absolute atomic E-state index is 0.0476. The number of aliphatic carboxylic acids is 1. The number of carboxylic acids is 1. The number of para-hydroxylation sites is 1. The molecular formula is C12H14N2O2. The molecule has 4 heteroatoms. The van der Waals surface area contributed by atoms with Gasteiger partial charge in [0.05, 0.1) is 6.42 Å². The Bertz CT molecular complexity index is 531. The third-order valence-electron chi connectivity index (χ3n) is 2.72. The quantitative estimate of drug-likeness (QED) is 0.823. The molecule has 3 N–H and O–H groups in total. The molecule has 1 aromatic heterocycles. The molecule has 1 heterocycles. The fourth-order valence-corrected chi connectivity index (χ4v) is 1.97. The average molecular weight is 218 g/mol. The minimum Gasteiger partial charge on any atom is -0.481 e. The van der Waals surface area contributed by atoms with Crippen molar-refractivity contribution >= 4 is 16.9 Å². The number of hydrogen-bond donors (Lipinski definition) is 2. The minimum atomic E-state index is -0.875. The largest absolute Gasteiger partial charge is 0.481 e. The maximum atomic E-state index is 10.6. The van der Waals surface area contributed by atoms with Gasteiger partial charge in [-0.05, 0) is 11.6 Å². The van der Waals surface area contributed by atoms with Crippen LogP contribution in [0.1, 0.15) is 18.0 Å². The highest BCUT2D eigenvalue weighted by Gasteiger charge is 2.15. The SMILES string of the molecule is Cn1cc([C@H](N)CC(=O)O)c2ccccc21. The normalized spacial score (nSPS) is 12.9. The maximum Gasteiger partial charge on any atom is 0.305 e. The molecule has 0 bridgehead atoms. The number of hydrogen-bond acceptors (Lipinski definition) is 2. The van der Waals surface area contributed by atoms with E-state index in [1.807, 2.05) is 42.1 Å². The van der Waals surface area contributed by atoms with Crippen LogP contribution >= 0.6 is 0 Å². The lowest BCUT2D eigenvalue weighted by Crippen LogP contribution is -2.14. The van der Waals surface area contributed by atoms with Crippen molar-refractivity contribution in [3.8, 4) is 0 Å². The number of nitrogens with zero attached hydrogens (tertiary/aromatic N) is 1. The van der Waals surface area contributed by atoms with Gasteiger partial charge < -0.3 is 15.4 Å². The molecule has 0 aliphatic rings. The van der Waals surface area contributed by atoms with Crippen LogP contribution in [0.2, 0.25) is 0 Å². The second kappa shape index (κ2) is 3.98. The molecule has 2 rings (SSSR count). The van der Waals surface area contributed by atoms with Crippen LogP contribution in [-0.2, 0) is 11.8 Å². The number of fused-ring (bicyclic) bond motifs is 1. The molecule has 0 aliphatic carbocycles. The average Bonchev–Trinajstić information content (AvgIpc) is 2.56. The third kappa shape index (κ3) is 1.79. The van der Waals surface area contributed by atoms with E-state index in [0.717, 1.165) is 16.5 Å². The second-order valence-electron chi connectivity index (χ2n) is 3.92. The molecule has 2 aromatic rings. The van der Waals surface area contributed by atoms with E-state index in [9.17, 15) is 4.79 Å². The molecule has 4 nitrogen and oxygen atoms in total. The highest BCUT2D eigenvalue weighted by Crippen LogP contribution is 2.26. The summed E-state index contributed by atoms with van der Waals surface area (Å²) < 4.78 is 1.96. The number of carbonyl (C=O) groups is 1. The predicted octanol–water partition coefficient (Wildman–Crippen LogP) is 1.65. The topological polar surface area (TPSA) is 68.2 Å². The molecule has 16 heavy (non-hydrogen) atoms. The Morgan fingerprint density at radius 1 is 1.50 bits per heavy atom. The zero-order chi connectivity index (χ0) is 11.7. The van der Waals surface area contributed by atoms with Crippen molar-refractivity contribution in [1.29, 1.82) is 0 Å². The van der Waals surface area contributed by atoms with Crippen LogP contribution in [0.3, 0.4) is 0 Å². The number of carboxylic acid groups (broad SMARTS) is 1. The van der Waals surface area contributed by atoms with Gasteiger partial charge in [-0.2, -0.15) is 0 Å². The van der Waals surface area contributed by atoms with Gasteiger partial charge in [0.15, 0.2) is 0 Å². The van der Waals surface area contributed by atoms with Crippen molar-refractivity contribution in [2.24, 2.45) is 12.8 Å². The first-order chi connectivity index (χ1) is 7.59. The van der Waals surface area contributed by atoms with Crippen molar-refractivity contribution in [2.45, 2.75) is 12.5 Å². The zero-order valence-corrected chi connectivity index (χ0v) is 9.05. The first-order valence-corrected chi connectivity index (χ1v) is 5.11. The molecular weight excluding hydrogens is 204 g/mol. The van der Waals surface area contributed by atoms with Crippen LogP contribution < -0.4 is 5.73 Å². The molecule has 0 saturated heterocycles. The summed E-state index contributed by atoms with van der Waals surface area (Å²) >= 11 is 0. The van der Waals surface area contributed by atoms with E-state index in [1.165, 1.54) is 0 Å². The van der Waals surface area contributed by atoms with Crippen LogP contribution in [0.4, 0.5) is 0 Å². The maximum absolute atomic E-state index is 10.6. The summed E-state index contributed by atoms with van der Waals surface area (Å²) in [5.74, 6) is -0.875. The van der Waals surface area contributed by atoms with Crippen molar-refractivity contribution in [1.82, 2.24) is 4.57 Å². The molecule has 0 saturated carbocycles. The number of aryl methyl sites for hydroxylation is 1. The molecule has 0 fully saturated rings. The lowest BCUT2D eigenvalue weighted by Gasteiger charge is -2.06. The van der Waals surface area contributed by atoms with Gasteiger partial charge in [-0.15, -0.1) is 0 Å². The van der Waals surface area contributed by atoms with Crippen molar-refractivity contribution in [3.05, 3.63) is 36.0 Å². The Balaban J connectivity index is 2.48. The second-order valence-corrected chi connectivity index (χ2v) is 3.92. The summed E-state index contributed by atoms with van der Waals surface area (Å²) in [6.07, 6.45) is 1.85. The molecule has 0 amide bonds. The van der Waals surface area contributed by atoms with Gasteiger partial charge in [-0.3, -0.25) is 4.79 Å². The van der Waals surface area contributed by atoms with Gasteiger partial charge in [-0.25, -0.2) is 0 Å². The molecule has 0 radical (unpaired) electrons. The lowest BCUT2D eigenvalue weighted by molar-refractivity contribution is -0.137. The Kier molecular flexibility index (Phi) is 2.66. The fourth-order valence-electron chi connectivity index (χ4n) is 1.97. The number of nitrogens with two attached hydrogens (primary N) is 1. The van der Waals surface area contributed by atoms with Crippen LogP contribution in [0.25, 0.3) is 10.9 Å². The summed E-state index contributed by atoms with van der Waals surface area (Å²) in [4.78, 5) is 10.6. The molecule has 1 atom stereocenters. The van der Waals surface area contributed by atoms with E-state index in [4.69, 9.17) is 10.8 Å². The number of rotatable bonds is 3. The van der Waals surface area contributed by atoms with Crippen LogP contribution in [0.15, 0.2) is 30.5 Å². The first kappa shape index (κ1) is 10.7. The third-order valence-corrected chi connectivity index (χ3v) is 2.72. The van der Waals surface area contributed by atoms with E-state index < -0.39 is 12.0 Å². The Labute approximate surface area is 93.3 Å². The van der Waals surface area contributed by atoms with E-state index in [1.54, 1.807) is 0 Å². The summed E-state index contributed by atoms with van der Waals surface area (Å²) in [6.45, 7) is 0. The van der Waals surface area contributed by atoms with E-state index in [2.05, 4.69) is 0 Å². The van der Waals surface area contributed by atoms with Gasteiger partial charge in [0, 0.05) is 30.2 Å². The lowest BCUT2D eigenvalue weighted by atomic mass is 10.0. The molecule has 0 spiro atoms. The van der Waals surface area contributed by atoms with E-state index in [0.29, 0.717) is 0 Å². The van der Waals surface area contributed by atoms with Crippen LogP contribution in [-0.4, -0.2) is 15.6 Å². The van der Waals surface area contributed by atoms with Crippen molar-refractivity contribution < 1.29 is 9.90 Å². The molecule has 84 valence electrons. The van der Waals surface area contributed by atoms with Gasteiger partial charge in [0.25, 0.3) is 0 Å². The van der Waals surface area contributed by atoms with Crippen molar-refractivity contribution in [3.63, 3.8) is 0 Å². The highest BCUT2D eigenvalue weighted by molar-refractivity contribution is 5.85. The standard InChI is InChI=1S/C12H14N2O2/c1-14-7-9(10(13)6-12(15)16)8-4-2-3-5-11(8)14/h2-5,7,10H,6,13H2,1H3,(H,15,16)/t10-/m1/s1. The monoisotopic (exact) mass is 218 g/mol. The van der Waals surface area contributed by atoms with Crippen LogP contribution in [0, 0.1) is 0 Å². The molecule has 0 aliphatic heterocycles. The molecule has 0 unspecified atom stereocenters. The number of benzene rings is 1. The van der Waals surface area contributed by atoms with Crippen LogP contribution in [0.5, 0.6) is 0 Å². The van der Waals surface area contributed by atoms with E-state index in [-0.39, 0.29) is 6.42 Å². The zero-order valence-electron chi connectivity index (χ0n) is 9.05. The fraction of sp³-hybridized carbons (Fsp3) is 0.250. The summed E-state index contributed by atoms with van der Waals surface area (Å²) in [5, 5.41) is 9.76. The van der Waals surface area contributed by atoms with Gasteiger partial charge >= 0.3 is 5.97 Å².